The highest BCUT2D eigenvalue weighted by Crippen LogP contribution is 2.40. The Bertz CT molecular complexity index is 2480. The van der Waals surface area contributed by atoms with Gasteiger partial charge in [0.15, 0.2) is 17.5 Å². The van der Waals surface area contributed by atoms with Gasteiger partial charge in [-0.2, -0.15) is 0 Å². The number of benzene rings is 7. The van der Waals surface area contributed by atoms with E-state index >= 15 is 0 Å². The van der Waals surface area contributed by atoms with Gasteiger partial charge in [0.25, 0.3) is 0 Å². The summed E-state index contributed by atoms with van der Waals surface area (Å²) in [6.07, 6.45) is 0. The van der Waals surface area contributed by atoms with Gasteiger partial charge in [-0.3, -0.25) is 0 Å². The highest BCUT2D eigenvalue weighted by Gasteiger charge is 2.16. The molecule has 0 atom stereocenters. The van der Waals surface area contributed by atoms with Crippen molar-refractivity contribution >= 4 is 43.5 Å². The fourth-order valence-electron chi connectivity index (χ4n) is 6.28. The predicted molar refractivity (Wildman–Crippen MR) is 184 cm³/mol. The zero-order valence-corrected chi connectivity index (χ0v) is 24.2. The van der Waals surface area contributed by atoms with E-state index in [1.54, 1.807) is 0 Å². The van der Waals surface area contributed by atoms with E-state index in [-0.39, 0.29) is 0 Å². The van der Waals surface area contributed by atoms with Crippen LogP contribution in [0.1, 0.15) is 0 Å². The van der Waals surface area contributed by atoms with Crippen molar-refractivity contribution in [2.24, 2.45) is 0 Å². The van der Waals surface area contributed by atoms with E-state index in [1.807, 2.05) is 60.7 Å². The fourth-order valence-corrected chi connectivity index (χ4v) is 6.28. The highest BCUT2D eigenvalue weighted by molar-refractivity contribution is 6.19. The highest BCUT2D eigenvalue weighted by atomic mass is 16.3. The number of hydrogen-bond acceptors (Lipinski definition) is 4. The van der Waals surface area contributed by atoms with E-state index in [9.17, 15) is 0 Å². The molecule has 0 saturated carbocycles. The van der Waals surface area contributed by atoms with Crippen molar-refractivity contribution in [2.45, 2.75) is 0 Å². The van der Waals surface area contributed by atoms with Crippen LogP contribution in [0.2, 0.25) is 0 Å². The van der Waals surface area contributed by atoms with Crippen LogP contribution in [0.3, 0.4) is 0 Å². The zero-order valence-electron chi connectivity index (χ0n) is 24.2. The molecule has 0 bridgehead atoms. The standard InChI is InChI=1S/C41H25N3O/c1-3-11-27(12-4-1)39-42-40(28-13-5-2-6-14-28)44-41(43-39)32-21-19-29-24-31(20-18-30(29)25-32)33-16-9-17-36-37(33)35-23-22-26-10-7-8-15-34(26)38(35)45-36/h1-25H. The van der Waals surface area contributed by atoms with Gasteiger partial charge in [-0.1, -0.05) is 127 Å². The maximum absolute atomic E-state index is 6.44. The summed E-state index contributed by atoms with van der Waals surface area (Å²) in [4.78, 5) is 14.7. The van der Waals surface area contributed by atoms with E-state index in [4.69, 9.17) is 19.4 Å². The van der Waals surface area contributed by atoms with Crippen molar-refractivity contribution in [2.75, 3.05) is 0 Å². The lowest BCUT2D eigenvalue weighted by Crippen LogP contribution is -2.00. The largest absolute Gasteiger partial charge is 0.455 e. The maximum Gasteiger partial charge on any atom is 0.164 e. The number of rotatable bonds is 4. The molecule has 45 heavy (non-hydrogen) atoms. The number of fused-ring (bicyclic) bond motifs is 6. The second-order valence-corrected chi connectivity index (χ2v) is 11.3. The zero-order chi connectivity index (χ0) is 29.7. The third kappa shape index (κ3) is 4.35. The number of nitrogens with zero attached hydrogens (tertiary/aromatic N) is 3. The van der Waals surface area contributed by atoms with E-state index in [2.05, 4.69) is 91.0 Å². The maximum atomic E-state index is 6.44. The van der Waals surface area contributed by atoms with Crippen LogP contribution in [0.5, 0.6) is 0 Å². The molecule has 0 unspecified atom stereocenters. The Morgan fingerprint density at radius 2 is 0.956 bits per heavy atom. The molecule has 0 aliphatic heterocycles. The van der Waals surface area contributed by atoms with E-state index in [0.717, 1.165) is 65.9 Å². The molecule has 0 aliphatic carbocycles. The van der Waals surface area contributed by atoms with Gasteiger partial charge < -0.3 is 4.42 Å². The van der Waals surface area contributed by atoms with Crippen LogP contribution in [-0.2, 0) is 0 Å². The van der Waals surface area contributed by atoms with E-state index in [0.29, 0.717) is 17.5 Å². The molecule has 4 heteroatoms. The van der Waals surface area contributed by atoms with Gasteiger partial charge in [-0.05, 0) is 51.6 Å². The Morgan fingerprint density at radius 3 is 1.67 bits per heavy atom. The molecule has 4 nitrogen and oxygen atoms in total. The van der Waals surface area contributed by atoms with Gasteiger partial charge in [0.1, 0.15) is 11.2 Å². The summed E-state index contributed by atoms with van der Waals surface area (Å²) >= 11 is 0. The molecular weight excluding hydrogens is 550 g/mol. The minimum Gasteiger partial charge on any atom is -0.455 e. The SMILES string of the molecule is c1ccc(-c2nc(-c3ccccc3)nc(-c3ccc4cc(-c5cccc6oc7c8ccccc8ccc7c56)ccc4c3)n2)cc1. The van der Waals surface area contributed by atoms with Crippen molar-refractivity contribution in [3.05, 3.63) is 152 Å². The number of hydrogen-bond donors (Lipinski definition) is 0. The lowest BCUT2D eigenvalue weighted by atomic mass is 9.96. The molecule has 0 aliphatic rings. The second-order valence-electron chi connectivity index (χ2n) is 11.3. The summed E-state index contributed by atoms with van der Waals surface area (Å²) in [5.41, 5.74) is 6.99. The molecule has 0 amide bonds. The molecule has 2 aromatic heterocycles. The average molecular weight is 576 g/mol. The Balaban J connectivity index is 1.16. The molecule has 0 N–H and O–H groups in total. The van der Waals surface area contributed by atoms with Gasteiger partial charge >= 0.3 is 0 Å². The molecule has 7 aromatic carbocycles. The van der Waals surface area contributed by atoms with Gasteiger partial charge in [-0.15, -0.1) is 0 Å². The van der Waals surface area contributed by atoms with Crippen molar-refractivity contribution < 1.29 is 4.42 Å². The first-order valence-electron chi connectivity index (χ1n) is 15.0. The molecule has 2 heterocycles. The van der Waals surface area contributed by atoms with Crippen molar-refractivity contribution in [1.82, 2.24) is 15.0 Å². The van der Waals surface area contributed by atoms with Crippen LogP contribution in [0, 0.1) is 0 Å². The van der Waals surface area contributed by atoms with Gasteiger partial charge in [0.05, 0.1) is 0 Å². The first-order chi connectivity index (χ1) is 22.3. The summed E-state index contributed by atoms with van der Waals surface area (Å²) in [7, 11) is 0. The van der Waals surface area contributed by atoms with Crippen molar-refractivity contribution in [3.63, 3.8) is 0 Å². The smallest absolute Gasteiger partial charge is 0.164 e. The fraction of sp³-hybridized carbons (Fsp3) is 0. The van der Waals surface area contributed by atoms with E-state index < -0.39 is 0 Å². The van der Waals surface area contributed by atoms with Crippen molar-refractivity contribution in [1.29, 1.82) is 0 Å². The lowest BCUT2D eigenvalue weighted by molar-refractivity contribution is 0.673. The molecule has 0 fully saturated rings. The third-order valence-electron chi connectivity index (χ3n) is 8.50. The van der Waals surface area contributed by atoms with Gasteiger partial charge in [0.2, 0.25) is 0 Å². The summed E-state index contributed by atoms with van der Waals surface area (Å²) < 4.78 is 6.44. The van der Waals surface area contributed by atoms with Crippen LogP contribution in [0.25, 0.3) is 88.8 Å². The topological polar surface area (TPSA) is 51.8 Å². The normalized spacial score (nSPS) is 11.6. The molecule has 0 spiro atoms. The lowest BCUT2D eigenvalue weighted by Gasteiger charge is -2.10. The van der Waals surface area contributed by atoms with Crippen LogP contribution in [0.4, 0.5) is 0 Å². The van der Waals surface area contributed by atoms with Crippen LogP contribution < -0.4 is 0 Å². The Kier molecular flexibility index (Phi) is 5.78. The summed E-state index contributed by atoms with van der Waals surface area (Å²) in [6.45, 7) is 0. The van der Waals surface area contributed by atoms with Crippen molar-refractivity contribution in [3.8, 4) is 45.3 Å². The first kappa shape index (κ1) is 25.4. The quantitative estimate of drug-likeness (QED) is 0.209. The van der Waals surface area contributed by atoms with Crippen LogP contribution in [0.15, 0.2) is 156 Å². The summed E-state index contributed by atoms with van der Waals surface area (Å²) in [6, 6.07) is 52.3. The minimum absolute atomic E-state index is 0.649. The van der Waals surface area contributed by atoms with Gasteiger partial charge in [0, 0.05) is 32.8 Å². The summed E-state index contributed by atoms with van der Waals surface area (Å²) in [5.74, 6) is 1.96. The molecule has 210 valence electrons. The van der Waals surface area contributed by atoms with Crippen LogP contribution >= 0.6 is 0 Å². The molecule has 0 saturated heterocycles. The van der Waals surface area contributed by atoms with E-state index in [1.165, 1.54) is 5.39 Å². The number of furan rings is 1. The molecule has 0 radical (unpaired) electrons. The predicted octanol–water partition coefficient (Wildman–Crippen LogP) is 10.7. The van der Waals surface area contributed by atoms with Gasteiger partial charge in [-0.25, -0.2) is 15.0 Å². The monoisotopic (exact) mass is 575 g/mol. The molecular formula is C41H25N3O. The summed E-state index contributed by atoms with van der Waals surface area (Å²) in [5, 5.41) is 6.85. The molecule has 9 rings (SSSR count). The molecule has 9 aromatic rings. The van der Waals surface area contributed by atoms with Crippen LogP contribution in [-0.4, -0.2) is 15.0 Å². The Hall–Kier alpha value is -6.13. The Morgan fingerprint density at radius 1 is 0.378 bits per heavy atom. The second kappa shape index (κ2) is 10.2. The minimum atomic E-state index is 0.649. The first-order valence-corrected chi connectivity index (χ1v) is 15.0. The Labute approximate surface area is 259 Å². The third-order valence-corrected chi connectivity index (χ3v) is 8.50. The number of aromatic nitrogens is 3. The average Bonchev–Trinajstić information content (AvgIpc) is 3.51.